The number of amides is 1. The lowest BCUT2D eigenvalue weighted by atomic mass is 9.93. The van der Waals surface area contributed by atoms with Crippen LogP contribution in [0.15, 0.2) is 42.6 Å². The molecule has 7 nitrogen and oxygen atoms in total. The fourth-order valence-corrected chi connectivity index (χ4v) is 4.05. The SMILES string of the molecule is Cc1[nH]c(C(=O)N[C@H]2CC[C@@H](O)CC2)c(C)c1-c1ccnc(Nc2ccccc2)n1. The number of aryl methyl sites for hydroxylation is 1. The van der Waals surface area contributed by atoms with Crippen LogP contribution in [0.25, 0.3) is 11.3 Å². The molecule has 0 radical (unpaired) electrons. The van der Waals surface area contributed by atoms with Gasteiger partial charge in [0.15, 0.2) is 0 Å². The molecule has 0 unspecified atom stereocenters. The summed E-state index contributed by atoms with van der Waals surface area (Å²) in [5.41, 5.74) is 4.90. The van der Waals surface area contributed by atoms with Crippen LogP contribution in [0.5, 0.6) is 0 Å². The van der Waals surface area contributed by atoms with E-state index >= 15 is 0 Å². The van der Waals surface area contributed by atoms with Gasteiger partial charge in [-0.3, -0.25) is 4.79 Å². The maximum atomic E-state index is 12.9. The number of rotatable bonds is 5. The summed E-state index contributed by atoms with van der Waals surface area (Å²) in [4.78, 5) is 25.1. The molecule has 1 amide bonds. The second-order valence-corrected chi connectivity index (χ2v) is 7.86. The van der Waals surface area contributed by atoms with Gasteiger partial charge in [-0.2, -0.15) is 0 Å². The van der Waals surface area contributed by atoms with Crippen molar-refractivity contribution in [3.05, 3.63) is 59.5 Å². The minimum absolute atomic E-state index is 0.105. The standard InChI is InChI=1S/C23H27N5O2/c1-14-20(19-12-13-24-23(28-19)27-16-6-4-3-5-7-16)15(2)25-21(14)22(30)26-17-8-10-18(29)11-9-17/h3-7,12-13,17-18,25,29H,8-11H2,1-2H3,(H,26,30)(H,24,27,28)/t17-,18+. The van der Waals surface area contributed by atoms with Crippen LogP contribution >= 0.6 is 0 Å². The van der Waals surface area contributed by atoms with Gasteiger partial charge in [0.05, 0.1) is 11.8 Å². The van der Waals surface area contributed by atoms with Gasteiger partial charge >= 0.3 is 0 Å². The molecule has 0 saturated heterocycles. The first-order valence-corrected chi connectivity index (χ1v) is 10.3. The minimum Gasteiger partial charge on any atom is -0.393 e. The van der Waals surface area contributed by atoms with Gasteiger partial charge in [0.1, 0.15) is 5.69 Å². The van der Waals surface area contributed by atoms with Crippen molar-refractivity contribution < 1.29 is 9.90 Å². The normalized spacial score (nSPS) is 18.8. The largest absolute Gasteiger partial charge is 0.393 e. The van der Waals surface area contributed by atoms with Crippen molar-refractivity contribution in [2.24, 2.45) is 0 Å². The fraction of sp³-hybridized carbons (Fsp3) is 0.348. The molecule has 1 aliphatic rings. The number of aromatic amines is 1. The second kappa shape index (κ2) is 8.67. The zero-order valence-corrected chi connectivity index (χ0v) is 17.3. The Morgan fingerprint density at radius 2 is 1.83 bits per heavy atom. The zero-order valence-electron chi connectivity index (χ0n) is 17.3. The number of aromatic nitrogens is 3. The van der Waals surface area contributed by atoms with Crippen LogP contribution < -0.4 is 10.6 Å². The van der Waals surface area contributed by atoms with E-state index in [0.717, 1.165) is 53.9 Å². The Balaban J connectivity index is 1.55. The summed E-state index contributed by atoms with van der Waals surface area (Å²) in [5, 5.41) is 16.0. The van der Waals surface area contributed by atoms with Crippen molar-refractivity contribution in [2.75, 3.05) is 5.32 Å². The van der Waals surface area contributed by atoms with Gasteiger partial charge in [-0.05, 0) is 63.3 Å². The first-order valence-electron chi connectivity index (χ1n) is 10.3. The Morgan fingerprint density at radius 3 is 2.57 bits per heavy atom. The maximum absolute atomic E-state index is 12.9. The van der Waals surface area contributed by atoms with Crippen molar-refractivity contribution in [1.82, 2.24) is 20.3 Å². The van der Waals surface area contributed by atoms with Crippen molar-refractivity contribution in [3.63, 3.8) is 0 Å². The van der Waals surface area contributed by atoms with E-state index in [2.05, 4.69) is 25.6 Å². The lowest BCUT2D eigenvalue weighted by molar-refractivity contribution is 0.0863. The van der Waals surface area contributed by atoms with E-state index in [1.807, 2.05) is 50.2 Å². The van der Waals surface area contributed by atoms with Crippen LogP contribution in [-0.4, -0.2) is 38.1 Å². The topological polar surface area (TPSA) is 103 Å². The van der Waals surface area contributed by atoms with Crippen LogP contribution in [0.3, 0.4) is 0 Å². The number of aliphatic hydroxyl groups is 1. The van der Waals surface area contributed by atoms with E-state index in [0.29, 0.717) is 11.6 Å². The minimum atomic E-state index is -0.240. The molecule has 3 aromatic rings. The molecule has 1 saturated carbocycles. The van der Waals surface area contributed by atoms with E-state index in [1.54, 1.807) is 6.20 Å². The van der Waals surface area contributed by atoms with Crippen LogP contribution in [0, 0.1) is 13.8 Å². The number of carbonyl (C=O) groups is 1. The smallest absolute Gasteiger partial charge is 0.268 e. The Kier molecular flexibility index (Phi) is 5.81. The van der Waals surface area contributed by atoms with E-state index in [4.69, 9.17) is 0 Å². The number of H-pyrrole nitrogens is 1. The first-order chi connectivity index (χ1) is 14.5. The number of hydrogen-bond donors (Lipinski definition) is 4. The molecule has 2 heterocycles. The van der Waals surface area contributed by atoms with Gasteiger partial charge in [-0.25, -0.2) is 9.97 Å². The predicted octanol–water partition coefficient (Wildman–Crippen LogP) is 3.87. The highest BCUT2D eigenvalue weighted by Crippen LogP contribution is 2.29. The monoisotopic (exact) mass is 405 g/mol. The number of anilines is 2. The van der Waals surface area contributed by atoms with Gasteiger partial charge in [0, 0.05) is 29.2 Å². The van der Waals surface area contributed by atoms with Crippen molar-refractivity contribution >= 4 is 17.5 Å². The first kappa shape index (κ1) is 20.1. The molecule has 1 aromatic carbocycles. The zero-order chi connectivity index (χ0) is 21.1. The molecular formula is C23H27N5O2. The summed E-state index contributed by atoms with van der Waals surface area (Å²) in [6.07, 6.45) is 4.55. The van der Waals surface area contributed by atoms with Gasteiger partial charge < -0.3 is 20.7 Å². The Morgan fingerprint density at radius 1 is 1.10 bits per heavy atom. The average Bonchev–Trinajstić information content (AvgIpc) is 3.05. The molecule has 1 fully saturated rings. The van der Waals surface area contributed by atoms with Gasteiger partial charge in [0.2, 0.25) is 5.95 Å². The van der Waals surface area contributed by atoms with Crippen molar-refractivity contribution in [1.29, 1.82) is 0 Å². The number of aliphatic hydroxyl groups excluding tert-OH is 1. The Bertz CT molecular complexity index is 1020. The summed E-state index contributed by atoms with van der Waals surface area (Å²) >= 11 is 0. The molecule has 1 aliphatic carbocycles. The molecule has 0 aliphatic heterocycles. The average molecular weight is 406 g/mol. The van der Waals surface area contributed by atoms with Crippen LogP contribution in [0.4, 0.5) is 11.6 Å². The van der Waals surface area contributed by atoms with E-state index in [1.165, 1.54) is 0 Å². The highest BCUT2D eigenvalue weighted by Gasteiger charge is 2.24. The number of carbonyl (C=O) groups excluding carboxylic acids is 1. The number of nitrogens with one attached hydrogen (secondary N) is 3. The van der Waals surface area contributed by atoms with Crippen LogP contribution in [0.2, 0.25) is 0 Å². The predicted molar refractivity (Wildman–Crippen MR) is 117 cm³/mol. The summed E-state index contributed by atoms with van der Waals surface area (Å²) < 4.78 is 0. The lowest BCUT2D eigenvalue weighted by Gasteiger charge is -2.26. The van der Waals surface area contributed by atoms with E-state index in [9.17, 15) is 9.90 Å². The van der Waals surface area contributed by atoms with Crippen LogP contribution in [-0.2, 0) is 0 Å². The molecule has 156 valence electrons. The van der Waals surface area contributed by atoms with Gasteiger partial charge in [-0.1, -0.05) is 18.2 Å². The second-order valence-electron chi connectivity index (χ2n) is 7.86. The molecule has 4 N–H and O–H groups in total. The third-order valence-electron chi connectivity index (χ3n) is 5.64. The van der Waals surface area contributed by atoms with Gasteiger partial charge in [-0.15, -0.1) is 0 Å². The number of para-hydroxylation sites is 1. The van der Waals surface area contributed by atoms with E-state index < -0.39 is 0 Å². The molecule has 0 spiro atoms. The Hall–Kier alpha value is -3.19. The summed E-state index contributed by atoms with van der Waals surface area (Å²) in [6, 6.07) is 11.7. The molecule has 7 heteroatoms. The third kappa shape index (κ3) is 4.36. The highest BCUT2D eigenvalue weighted by atomic mass is 16.3. The molecule has 0 bridgehead atoms. The molecule has 0 atom stereocenters. The number of nitrogens with zero attached hydrogens (tertiary/aromatic N) is 2. The molecule has 30 heavy (non-hydrogen) atoms. The lowest BCUT2D eigenvalue weighted by Crippen LogP contribution is -2.39. The highest BCUT2D eigenvalue weighted by molar-refractivity contribution is 5.96. The fourth-order valence-electron chi connectivity index (χ4n) is 4.05. The van der Waals surface area contributed by atoms with Crippen molar-refractivity contribution in [3.8, 4) is 11.3 Å². The van der Waals surface area contributed by atoms with Crippen molar-refractivity contribution in [2.45, 2.75) is 51.7 Å². The molecular weight excluding hydrogens is 378 g/mol. The summed E-state index contributed by atoms with van der Waals surface area (Å²) in [5.74, 6) is 0.394. The molecule has 4 rings (SSSR count). The van der Waals surface area contributed by atoms with Crippen LogP contribution in [0.1, 0.15) is 47.4 Å². The number of benzene rings is 1. The third-order valence-corrected chi connectivity index (χ3v) is 5.64. The van der Waals surface area contributed by atoms with Gasteiger partial charge in [0.25, 0.3) is 5.91 Å². The van der Waals surface area contributed by atoms with E-state index in [-0.39, 0.29) is 18.1 Å². The Labute approximate surface area is 176 Å². The maximum Gasteiger partial charge on any atom is 0.268 e. The number of hydrogen-bond acceptors (Lipinski definition) is 5. The molecule has 2 aromatic heterocycles. The quantitative estimate of drug-likeness (QED) is 0.516. The summed E-state index contributed by atoms with van der Waals surface area (Å²) in [7, 11) is 0. The summed E-state index contributed by atoms with van der Waals surface area (Å²) in [6.45, 7) is 3.88.